The van der Waals surface area contributed by atoms with Crippen molar-refractivity contribution in [3.05, 3.63) is 59.4 Å². The molecule has 0 atom stereocenters. The Bertz CT molecular complexity index is 994. The second kappa shape index (κ2) is 5.14. The highest BCUT2D eigenvalue weighted by atomic mass is 16.1. The Morgan fingerprint density at radius 1 is 1.14 bits per heavy atom. The average Bonchev–Trinajstić information content (AvgIpc) is 3.17. The maximum Gasteiger partial charge on any atom is 0.277 e. The van der Waals surface area contributed by atoms with Crippen LogP contribution in [0.4, 0.5) is 0 Å². The zero-order valence-corrected chi connectivity index (χ0v) is 11.9. The van der Waals surface area contributed by atoms with Gasteiger partial charge in [0.05, 0.1) is 23.6 Å². The molecule has 0 saturated carbocycles. The van der Waals surface area contributed by atoms with Crippen LogP contribution in [0, 0.1) is 0 Å². The third-order valence-electron chi connectivity index (χ3n) is 3.86. The summed E-state index contributed by atoms with van der Waals surface area (Å²) in [6.45, 7) is 1.39. The summed E-state index contributed by atoms with van der Waals surface area (Å²) in [4.78, 5) is 19.5. The number of aromatic amines is 1. The molecule has 0 spiro atoms. The highest BCUT2D eigenvalue weighted by Gasteiger charge is 2.05. The van der Waals surface area contributed by atoms with Gasteiger partial charge in [0.15, 0.2) is 0 Å². The van der Waals surface area contributed by atoms with E-state index in [9.17, 15) is 4.79 Å². The Hall–Kier alpha value is -2.89. The van der Waals surface area contributed by atoms with E-state index >= 15 is 0 Å². The number of nitrogens with one attached hydrogen (secondary N) is 1. The van der Waals surface area contributed by atoms with Crippen molar-refractivity contribution in [2.45, 2.75) is 19.5 Å². The largest absolute Gasteiger partial charge is 0.355 e. The lowest BCUT2D eigenvalue weighted by Gasteiger charge is -2.06. The second-order valence-electron chi connectivity index (χ2n) is 5.26. The van der Waals surface area contributed by atoms with Gasteiger partial charge in [-0.2, -0.15) is 5.10 Å². The molecule has 0 bridgehead atoms. The van der Waals surface area contributed by atoms with Crippen LogP contribution in [0.5, 0.6) is 0 Å². The van der Waals surface area contributed by atoms with Crippen LogP contribution in [0.15, 0.2) is 53.8 Å². The van der Waals surface area contributed by atoms with Crippen LogP contribution in [0.2, 0.25) is 0 Å². The van der Waals surface area contributed by atoms with Gasteiger partial charge in [0, 0.05) is 24.7 Å². The first-order valence-corrected chi connectivity index (χ1v) is 7.26. The number of fused-ring (bicyclic) bond motifs is 2. The fourth-order valence-corrected chi connectivity index (χ4v) is 2.72. The molecule has 0 fully saturated rings. The van der Waals surface area contributed by atoms with Crippen LogP contribution < -0.4 is 5.56 Å². The number of hydrogen-bond acceptors (Lipinski definition) is 3. The first-order chi connectivity index (χ1) is 10.8. The summed E-state index contributed by atoms with van der Waals surface area (Å²) in [6.07, 6.45) is 6.03. The zero-order chi connectivity index (χ0) is 14.9. The van der Waals surface area contributed by atoms with E-state index in [0.717, 1.165) is 23.9 Å². The summed E-state index contributed by atoms with van der Waals surface area (Å²) in [6, 6.07) is 9.92. The lowest BCUT2D eigenvalue weighted by Crippen LogP contribution is -2.21. The molecule has 6 heteroatoms. The van der Waals surface area contributed by atoms with Gasteiger partial charge in [0.25, 0.3) is 5.56 Å². The SMILES string of the molecule is O=c1c2[nH]ccc2ncn1CCCn1ncc2ccccc21. The molecule has 0 aliphatic carbocycles. The van der Waals surface area contributed by atoms with Gasteiger partial charge in [0.1, 0.15) is 5.52 Å². The summed E-state index contributed by atoms with van der Waals surface area (Å²) in [5.74, 6) is 0. The summed E-state index contributed by atoms with van der Waals surface area (Å²) in [7, 11) is 0. The van der Waals surface area contributed by atoms with Crippen molar-refractivity contribution in [2.24, 2.45) is 0 Å². The van der Waals surface area contributed by atoms with Gasteiger partial charge in [-0.15, -0.1) is 0 Å². The Kier molecular flexibility index (Phi) is 3.00. The summed E-state index contributed by atoms with van der Waals surface area (Å²) < 4.78 is 3.62. The van der Waals surface area contributed by atoms with Crippen LogP contribution in [0.3, 0.4) is 0 Å². The van der Waals surface area contributed by atoms with Gasteiger partial charge < -0.3 is 4.98 Å². The van der Waals surface area contributed by atoms with Crippen LogP contribution in [0.25, 0.3) is 21.9 Å². The van der Waals surface area contributed by atoms with Gasteiger partial charge in [-0.05, 0) is 18.6 Å². The van der Waals surface area contributed by atoms with Crippen LogP contribution in [0.1, 0.15) is 6.42 Å². The minimum atomic E-state index is -0.0275. The molecule has 4 rings (SSSR count). The number of rotatable bonds is 4. The van der Waals surface area contributed by atoms with Gasteiger partial charge >= 0.3 is 0 Å². The summed E-state index contributed by atoms with van der Waals surface area (Å²) in [5, 5.41) is 5.53. The van der Waals surface area contributed by atoms with E-state index < -0.39 is 0 Å². The van der Waals surface area contributed by atoms with E-state index in [0.29, 0.717) is 17.6 Å². The maximum absolute atomic E-state index is 12.3. The van der Waals surface area contributed by atoms with E-state index in [-0.39, 0.29) is 5.56 Å². The molecule has 0 amide bonds. The maximum atomic E-state index is 12.3. The topological polar surface area (TPSA) is 68.5 Å². The smallest absolute Gasteiger partial charge is 0.277 e. The molecular formula is C16H15N5O. The average molecular weight is 293 g/mol. The summed E-state index contributed by atoms with van der Waals surface area (Å²) in [5.41, 5.74) is 2.36. The third-order valence-corrected chi connectivity index (χ3v) is 3.86. The predicted molar refractivity (Wildman–Crippen MR) is 84.7 cm³/mol. The van der Waals surface area contributed by atoms with Crippen LogP contribution >= 0.6 is 0 Å². The Balaban J connectivity index is 1.52. The quantitative estimate of drug-likeness (QED) is 0.627. The van der Waals surface area contributed by atoms with Crippen LogP contribution in [-0.4, -0.2) is 24.3 Å². The molecule has 0 unspecified atom stereocenters. The van der Waals surface area contributed by atoms with Gasteiger partial charge in [-0.1, -0.05) is 18.2 Å². The lowest BCUT2D eigenvalue weighted by molar-refractivity contribution is 0.528. The number of H-pyrrole nitrogens is 1. The molecule has 0 radical (unpaired) electrons. The molecule has 1 aromatic carbocycles. The fraction of sp³-hybridized carbons (Fsp3) is 0.188. The molecule has 110 valence electrons. The number of para-hydroxylation sites is 1. The van der Waals surface area contributed by atoms with Crippen LogP contribution in [-0.2, 0) is 13.1 Å². The minimum absolute atomic E-state index is 0.0275. The number of aryl methyl sites for hydroxylation is 2. The van der Waals surface area contributed by atoms with Crippen molar-refractivity contribution in [3.63, 3.8) is 0 Å². The van der Waals surface area contributed by atoms with Crippen molar-refractivity contribution >= 4 is 21.9 Å². The van der Waals surface area contributed by atoms with Gasteiger partial charge in [-0.25, -0.2) is 4.98 Å². The standard InChI is InChI=1S/C16H15N5O/c22-16-15-13(6-7-17-15)18-11-20(16)8-3-9-21-14-5-2-1-4-12(14)10-19-21/h1-2,4-7,10-11,17H,3,8-9H2. The first-order valence-electron chi connectivity index (χ1n) is 7.26. The van der Waals surface area contributed by atoms with Crippen molar-refractivity contribution in [3.8, 4) is 0 Å². The molecule has 0 aliphatic rings. The number of hydrogen-bond donors (Lipinski definition) is 1. The first kappa shape index (κ1) is 12.8. The minimum Gasteiger partial charge on any atom is -0.355 e. The Morgan fingerprint density at radius 3 is 3.00 bits per heavy atom. The molecule has 3 aromatic heterocycles. The molecule has 0 saturated heterocycles. The van der Waals surface area contributed by atoms with E-state index in [4.69, 9.17) is 0 Å². The van der Waals surface area contributed by atoms with Gasteiger partial charge in [0.2, 0.25) is 0 Å². The Labute approximate surface area is 126 Å². The number of aromatic nitrogens is 5. The van der Waals surface area contributed by atoms with E-state index in [1.54, 1.807) is 23.2 Å². The highest BCUT2D eigenvalue weighted by Crippen LogP contribution is 2.13. The number of benzene rings is 1. The van der Waals surface area contributed by atoms with E-state index in [1.807, 2.05) is 29.1 Å². The molecule has 22 heavy (non-hydrogen) atoms. The lowest BCUT2D eigenvalue weighted by atomic mass is 10.2. The zero-order valence-electron chi connectivity index (χ0n) is 11.9. The van der Waals surface area contributed by atoms with E-state index in [1.165, 1.54) is 0 Å². The molecule has 0 aliphatic heterocycles. The molecule has 1 N–H and O–H groups in total. The number of nitrogens with zero attached hydrogens (tertiary/aromatic N) is 4. The fourth-order valence-electron chi connectivity index (χ4n) is 2.72. The van der Waals surface area contributed by atoms with E-state index in [2.05, 4.69) is 21.1 Å². The van der Waals surface area contributed by atoms with Crippen molar-refractivity contribution in [2.75, 3.05) is 0 Å². The summed E-state index contributed by atoms with van der Waals surface area (Å²) >= 11 is 0. The monoisotopic (exact) mass is 293 g/mol. The normalized spacial score (nSPS) is 11.5. The molecule has 4 aromatic rings. The molecule has 6 nitrogen and oxygen atoms in total. The highest BCUT2D eigenvalue weighted by molar-refractivity contribution is 5.78. The predicted octanol–water partition coefficient (Wildman–Crippen LogP) is 2.16. The Morgan fingerprint density at radius 2 is 2.05 bits per heavy atom. The van der Waals surface area contributed by atoms with Crippen molar-refractivity contribution in [1.29, 1.82) is 0 Å². The molecule has 3 heterocycles. The van der Waals surface area contributed by atoms with Crippen molar-refractivity contribution in [1.82, 2.24) is 24.3 Å². The second-order valence-corrected chi connectivity index (χ2v) is 5.26. The van der Waals surface area contributed by atoms with Crippen molar-refractivity contribution < 1.29 is 0 Å². The third kappa shape index (κ3) is 2.09. The van der Waals surface area contributed by atoms with Gasteiger partial charge in [-0.3, -0.25) is 14.0 Å². The molecular weight excluding hydrogens is 278 g/mol.